The maximum atomic E-state index is 14.2. The Balaban J connectivity index is 2.06. The average molecular weight is 406 g/mol. The van der Waals surface area contributed by atoms with Crippen LogP contribution in [0.1, 0.15) is 17.2 Å². The Labute approximate surface area is 170 Å². The third-order valence-corrected chi connectivity index (χ3v) is 4.58. The molecule has 1 atom stereocenters. The van der Waals surface area contributed by atoms with Crippen LogP contribution >= 0.6 is 0 Å². The van der Waals surface area contributed by atoms with Crippen molar-refractivity contribution in [2.45, 2.75) is 12.6 Å². The summed E-state index contributed by atoms with van der Waals surface area (Å²) >= 11 is 0. The summed E-state index contributed by atoms with van der Waals surface area (Å²) in [6, 6.07) is 8.92. The van der Waals surface area contributed by atoms with Gasteiger partial charge >= 0.3 is 0 Å². The van der Waals surface area contributed by atoms with Gasteiger partial charge in [0.2, 0.25) is 0 Å². The van der Waals surface area contributed by atoms with Crippen molar-refractivity contribution in [3.63, 3.8) is 0 Å². The lowest BCUT2D eigenvalue weighted by molar-refractivity contribution is 0.282. The molecule has 0 aliphatic heterocycles. The second-order valence-electron chi connectivity index (χ2n) is 6.60. The van der Waals surface area contributed by atoms with Crippen LogP contribution in [0.3, 0.4) is 0 Å². The molecule has 0 bridgehead atoms. The Bertz CT molecular complexity index is 823. The largest absolute Gasteiger partial charge is 0.497 e. The van der Waals surface area contributed by atoms with Gasteiger partial charge < -0.3 is 25.0 Å². The third-order valence-electron chi connectivity index (χ3n) is 4.58. The van der Waals surface area contributed by atoms with Crippen molar-refractivity contribution in [2.75, 3.05) is 41.9 Å². The van der Waals surface area contributed by atoms with Gasteiger partial charge in [-0.05, 0) is 38.4 Å². The van der Waals surface area contributed by atoms with E-state index in [2.05, 4.69) is 15.6 Å². The molecule has 0 aliphatic rings. The minimum atomic E-state index is -0.573. The van der Waals surface area contributed by atoms with E-state index in [0.717, 1.165) is 5.56 Å². The Morgan fingerprint density at radius 2 is 1.76 bits per heavy atom. The monoisotopic (exact) mass is 406 g/mol. The van der Waals surface area contributed by atoms with E-state index in [9.17, 15) is 8.78 Å². The van der Waals surface area contributed by atoms with Crippen LogP contribution in [0.2, 0.25) is 0 Å². The molecule has 2 aromatic carbocycles. The molecule has 6 nitrogen and oxygen atoms in total. The number of nitrogens with zero attached hydrogens (tertiary/aromatic N) is 2. The molecule has 0 saturated heterocycles. The lowest BCUT2D eigenvalue weighted by Gasteiger charge is -2.26. The number of hydrogen-bond acceptors (Lipinski definition) is 4. The fraction of sp³-hybridized carbons (Fsp3) is 0.381. The van der Waals surface area contributed by atoms with Crippen LogP contribution in [-0.4, -0.2) is 52.8 Å². The number of methoxy groups -OCH3 is 2. The van der Waals surface area contributed by atoms with Crippen molar-refractivity contribution in [1.82, 2.24) is 15.5 Å². The number of hydrogen-bond donors (Lipinski definition) is 2. The van der Waals surface area contributed by atoms with Crippen LogP contribution in [-0.2, 0) is 6.54 Å². The first-order valence-corrected chi connectivity index (χ1v) is 9.17. The van der Waals surface area contributed by atoms with E-state index in [4.69, 9.17) is 9.47 Å². The number of nitrogens with one attached hydrogen (secondary N) is 2. The summed E-state index contributed by atoms with van der Waals surface area (Å²) in [5.74, 6) is 0.750. The van der Waals surface area contributed by atoms with Crippen LogP contribution in [0.4, 0.5) is 8.78 Å². The van der Waals surface area contributed by atoms with E-state index in [-0.39, 0.29) is 12.1 Å². The van der Waals surface area contributed by atoms with Gasteiger partial charge in [-0.2, -0.15) is 0 Å². The number of aliphatic imine (C=N–C) groups is 1. The lowest BCUT2D eigenvalue weighted by atomic mass is 10.0. The zero-order chi connectivity index (χ0) is 21.4. The van der Waals surface area contributed by atoms with Crippen LogP contribution in [0.15, 0.2) is 41.4 Å². The maximum absolute atomic E-state index is 14.2. The number of halogens is 2. The molecule has 0 aromatic heterocycles. The normalized spacial score (nSPS) is 12.6. The summed E-state index contributed by atoms with van der Waals surface area (Å²) in [5, 5.41) is 6.32. The molecule has 0 radical (unpaired) electrons. The zero-order valence-corrected chi connectivity index (χ0v) is 17.4. The molecule has 0 heterocycles. The molecule has 0 aliphatic carbocycles. The smallest absolute Gasteiger partial charge is 0.191 e. The molecule has 2 aromatic rings. The summed E-state index contributed by atoms with van der Waals surface area (Å²) in [5.41, 5.74) is 0.942. The number of guanidine groups is 1. The quantitative estimate of drug-likeness (QED) is 0.522. The summed E-state index contributed by atoms with van der Waals surface area (Å²) in [6.45, 7) is 0.720. The third kappa shape index (κ3) is 5.80. The molecule has 8 heteroatoms. The molecule has 0 saturated carbocycles. The number of benzene rings is 2. The van der Waals surface area contributed by atoms with Crippen molar-refractivity contribution < 1.29 is 18.3 Å². The van der Waals surface area contributed by atoms with Gasteiger partial charge in [0.25, 0.3) is 0 Å². The molecular formula is C21H28F2N4O2. The van der Waals surface area contributed by atoms with Crippen molar-refractivity contribution >= 4 is 5.96 Å². The molecule has 2 rings (SSSR count). The zero-order valence-electron chi connectivity index (χ0n) is 17.4. The van der Waals surface area contributed by atoms with Crippen molar-refractivity contribution in [2.24, 2.45) is 4.99 Å². The van der Waals surface area contributed by atoms with E-state index in [1.165, 1.54) is 18.2 Å². The highest BCUT2D eigenvalue weighted by Gasteiger charge is 2.22. The predicted molar refractivity (Wildman–Crippen MR) is 111 cm³/mol. The molecule has 1 unspecified atom stereocenters. The van der Waals surface area contributed by atoms with E-state index >= 15 is 0 Å². The van der Waals surface area contributed by atoms with Crippen LogP contribution in [0.25, 0.3) is 0 Å². The summed E-state index contributed by atoms with van der Waals surface area (Å²) in [6.07, 6.45) is 0. The first kappa shape index (κ1) is 22.4. The maximum Gasteiger partial charge on any atom is 0.191 e. The Hall–Kier alpha value is -2.87. The fourth-order valence-electron chi connectivity index (χ4n) is 2.96. The molecule has 0 fully saturated rings. The fourth-order valence-corrected chi connectivity index (χ4v) is 2.96. The second-order valence-corrected chi connectivity index (χ2v) is 6.60. The summed E-state index contributed by atoms with van der Waals surface area (Å²) in [7, 11) is 8.37. The SMILES string of the molecule is CN=C(NCc1ccc(OC)cc1OC)NCC(c1c(F)cccc1F)N(C)C. The number of rotatable bonds is 8. The van der Waals surface area contributed by atoms with Crippen LogP contribution in [0, 0.1) is 11.6 Å². The predicted octanol–water partition coefficient (Wildman–Crippen LogP) is 2.95. The average Bonchev–Trinajstić information content (AvgIpc) is 2.71. The van der Waals surface area contributed by atoms with Gasteiger partial charge in [0.15, 0.2) is 5.96 Å². The van der Waals surface area contributed by atoms with Gasteiger partial charge in [-0.25, -0.2) is 8.78 Å². The van der Waals surface area contributed by atoms with Crippen LogP contribution < -0.4 is 20.1 Å². The Morgan fingerprint density at radius 1 is 1.07 bits per heavy atom. The highest BCUT2D eigenvalue weighted by molar-refractivity contribution is 5.79. The van der Waals surface area contributed by atoms with Crippen molar-refractivity contribution in [3.8, 4) is 11.5 Å². The Morgan fingerprint density at radius 3 is 2.31 bits per heavy atom. The molecular weight excluding hydrogens is 378 g/mol. The van der Waals surface area contributed by atoms with Crippen molar-refractivity contribution in [1.29, 1.82) is 0 Å². The van der Waals surface area contributed by atoms with Gasteiger partial charge in [-0.3, -0.25) is 4.99 Å². The van der Waals surface area contributed by atoms with Gasteiger partial charge in [-0.15, -0.1) is 0 Å². The molecule has 2 N–H and O–H groups in total. The van der Waals surface area contributed by atoms with Gasteiger partial charge in [0.05, 0.1) is 20.3 Å². The van der Waals surface area contributed by atoms with Crippen LogP contribution in [0.5, 0.6) is 11.5 Å². The lowest BCUT2D eigenvalue weighted by Crippen LogP contribution is -2.41. The molecule has 0 amide bonds. The van der Waals surface area contributed by atoms with E-state index < -0.39 is 17.7 Å². The van der Waals surface area contributed by atoms with Crippen molar-refractivity contribution in [3.05, 3.63) is 59.2 Å². The highest BCUT2D eigenvalue weighted by atomic mass is 19.1. The van der Waals surface area contributed by atoms with E-state index in [0.29, 0.717) is 24.0 Å². The molecule has 0 spiro atoms. The topological polar surface area (TPSA) is 58.1 Å². The standard InChI is InChI=1S/C21H28F2N4O2/c1-24-21(25-12-14-9-10-15(28-4)11-19(14)29-5)26-13-18(27(2)3)20-16(22)7-6-8-17(20)23/h6-11,18H,12-13H2,1-5H3,(H2,24,25,26). The minimum absolute atomic E-state index is 0.0253. The first-order valence-electron chi connectivity index (χ1n) is 9.17. The number of ether oxygens (including phenoxy) is 2. The van der Waals surface area contributed by atoms with Gasteiger partial charge in [0.1, 0.15) is 23.1 Å². The summed E-state index contributed by atoms with van der Waals surface area (Å²) < 4.78 is 39.0. The Kier molecular flexibility index (Phi) is 8.21. The molecule has 29 heavy (non-hydrogen) atoms. The first-order chi connectivity index (χ1) is 13.9. The van der Waals surface area contributed by atoms with E-state index in [1.54, 1.807) is 46.3 Å². The van der Waals surface area contributed by atoms with Gasteiger partial charge in [0, 0.05) is 37.3 Å². The minimum Gasteiger partial charge on any atom is -0.497 e. The number of likely N-dealkylation sites (N-methyl/N-ethyl adjacent to an activating group) is 1. The molecule has 158 valence electrons. The highest BCUT2D eigenvalue weighted by Crippen LogP contribution is 2.25. The van der Waals surface area contributed by atoms with E-state index in [1.807, 2.05) is 12.1 Å². The second kappa shape index (κ2) is 10.6. The van der Waals surface area contributed by atoms with Gasteiger partial charge in [-0.1, -0.05) is 6.07 Å². The summed E-state index contributed by atoms with van der Waals surface area (Å²) in [4.78, 5) is 5.94.